The second-order valence-electron chi connectivity index (χ2n) is 5.28. The molecule has 0 unspecified atom stereocenters. The number of hydrogen-bond donors (Lipinski definition) is 2. The minimum absolute atomic E-state index is 0.0976. The van der Waals surface area contributed by atoms with E-state index in [2.05, 4.69) is 15.7 Å². The Morgan fingerprint density at radius 2 is 1.73 bits per heavy atom. The van der Waals surface area contributed by atoms with Crippen LogP contribution in [0.5, 0.6) is 0 Å². The number of thiocarbonyl (C=S) groups is 1. The Morgan fingerprint density at radius 3 is 2.46 bits per heavy atom. The summed E-state index contributed by atoms with van der Waals surface area (Å²) in [7, 11) is 0. The molecule has 0 fully saturated rings. The minimum atomic E-state index is -0.442. The van der Waals surface area contributed by atoms with Gasteiger partial charge in [0, 0.05) is 16.8 Å². The van der Waals surface area contributed by atoms with Crippen LogP contribution in [-0.2, 0) is 6.54 Å². The van der Waals surface area contributed by atoms with Crippen LogP contribution in [0.15, 0.2) is 48.7 Å². The zero-order valence-corrected chi connectivity index (χ0v) is 15.5. The van der Waals surface area contributed by atoms with Crippen molar-refractivity contribution < 1.29 is 8.78 Å². The van der Waals surface area contributed by atoms with Crippen LogP contribution in [0.4, 0.5) is 20.3 Å². The molecule has 3 rings (SSSR count). The fourth-order valence-electron chi connectivity index (χ4n) is 2.23. The predicted octanol–water partition coefficient (Wildman–Crippen LogP) is 5.33. The third kappa shape index (κ3) is 4.30. The van der Waals surface area contributed by atoms with E-state index in [0.717, 1.165) is 0 Å². The summed E-state index contributed by atoms with van der Waals surface area (Å²) in [6.45, 7) is 0.0976. The van der Waals surface area contributed by atoms with Gasteiger partial charge in [-0.2, -0.15) is 5.10 Å². The van der Waals surface area contributed by atoms with Gasteiger partial charge < -0.3 is 10.6 Å². The van der Waals surface area contributed by atoms with Crippen LogP contribution in [0.3, 0.4) is 0 Å². The first-order valence-electron chi connectivity index (χ1n) is 7.42. The molecule has 0 spiro atoms. The van der Waals surface area contributed by atoms with Crippen molar-refractivity contribution >= 4 is 52.0 Å². The largest absolute Gasteiger partial charge is 0.330 e. The quantitative estimate of drug-likeness (QED) is 0.568. The van der Waals surface area contributed by atoms with E-state index in [0.29, 0.717) is 10.6 Å². The molecule has 0 radical (unpaired) electrons. The summed E-state index contributed by atoms with van der Waals surface area (Å²) in [6, 6.07) is 10.5. The van der Waals surface area contributed by atoms with Gasteiger partial charge in [0.2, 0.25) is 0 Å². The molecular formula is C17H12Cl2F2N4S. The maximum absolute atomic E-state index is 13.9. The number of para-hydroxylation sites is 1. The fraction of sp³-hybridized carbons (Fsp3) is 0.0588. The van der Waals surface area contributed by atoms with E-state index in [-0.39, 0.29) is 28.2 Å². The summed E-state index contributed by atoms with van der Waals surface area (Å²) in [6.07, 6.45) is 1.51. The highest BCUT2D eigenvalue weighted by molar-refractivity contribution is 7.80. The summed E-state index contributed by atoms with van der Waals surface area (Å²) in [4.78, 5) is 0. The van der Waals surface area contributed by atoms with Crippen LogP contribution in [0, 0.1) is 11.6 Å². The van der Waals surface area contributed by atoms with Crippen molar-refractivity contribution in [3.63, 3.8) is 0 Å². The third-order valence-electron chi connectivity index (χ3n) is 3.45. The van der Waals surface area contributed by atoms with Crippen molar-refractivity contribution in [3.05, 3.63) is 75.9 Å². The predicted molar refractivity (Wildman–Crippen MR) is 104 cm³/mol. The zero-order chi connectivity index (χ0) is 18.7. The van der Waals surface area contributed by atoms with Gasteiger partial charge >= 0.3 is 0 Å². The molecule has 0 atom stereocenters. The standard InChI is InChI=1S/C17H12Cl2F2N4S/c18-11-4-3-6-13(20)10(11)8-25-9-12(19)16(24-25)23-17(26)22-15-7-2-1-5-14(15)21/h1-7,9H,8H2,(H2,22,23,24,26). The SMILES string of the molecule is Fc1ccccc1NC(=S)Nc1nn(Cc2c(F)cccc2Cl)cc1Cl. The van der Waals surface area contributed by atoms with E-state index in [4.69, 9.17) is 35.4 Å². The third-order valence-corrected chi connectivity index (χ3v) is 4.29. The van der Waals surface area contributed by atoms with E-state index in [9.17, 15) is 8.78 Å². The summed E-state index contributed by atoms with van der Waals surface area (Å²) in [5.41, 5.74) is 0.519. The molecule has 0 aliphatic heterocycles. The van der Waals surface area contributed by atoms with Crippen molar-refractivity contribution in [2.45, 2.75) is 6.54 Å². The smallest absolute Gasteiger partial charge is 0.176 e. The molecule has 0 saturated carbocycles. The molecule has 0 saturated heterocycles. The van der Waals surface area contributed by atoms with Gasteiger partial charge in [-0.15, -0.1) is 0 Å². The van der Waals surface area contributed by atoms with Crippen molar-refractivity contribution in [1.29, 1.82) is 0 Å². The van der Waals surface area contributed by atoms with Gasteiger partial charge in [0.15, 0.2) is 10.9 Å². The molecular weight excluding hydrogens is 401 g/mol. The average molecular weight is 413 g/mol. The van der Waals surface area contributed by atoms with Crippen LogP contribution >= 0.6 is 35.4 Å². The van der Waals surface area contributed by atoms with Crippen LogP contribution in [0.2, 0.25) is 10.0 Å². The Hall–Kier alpha value is -2.22. The van der Waals surface area contributed by atoms with Crippen molar-refractivity contribution in [3.8, 4) is 0 Å². The maximum atomic E-state index is 13.9. The molecule has 9 heteroatoms. The van der Waals surface area contributed by atoms with Crippen molar-refractivity contribution in [1.82, 2.24) is 9.78 Å². The van der Waals surface area contributed by atoms with Crippen LogP contribution in [0.1, 0.15) is 5.56 Å². The summed E-state index contributed by atoms with van der Waals surface area (Å²) < 4.78 is 29.0. The van der Waals surface area contributed by atoms with E-state index in [1.165, 1.54) is 29.1 Å². The Bertz CT molecular complexity index is 941. The van der Waals surface area contributed by atoms with Crippen molar-refractivity contribution in [2.24, 2.45) is 0 Å². The first-order valence-corrected chi connectivity index (χ1v) is 8.59. The molecule has 2 N–H and O–H groups in total. The molecule has 0 aliphatic carbocycles. The Labute approximate surface area is 163 Å². The van der Waals surface area contributed by atoms with Gasteiger partial charge in [-0.1, -0.05) is 41.4 Å². The second-order valence-corrected chi connectivity index (χ2v) is 6.51. The molecule has 0 bridgehead atoms. The van der Waals surface area contributed by atoms with Gasteiger partial charge in [-0.3, -0.25) is 4.68 Å². The topological polar surface area (TPSA) is 41.9 Å². The number of halogens is 4. The average Bonchev–Trinajstić information content (AvgIpc) is 2.93. The normalized spacial score (nSPS) is 10.6. The lowest BCUT2D eigenvalue weighted by molar-refractivity contribution is 0.586. The zero-order valence-electron chi connectivity index (χ0n) is 13.1. The summed E-state index contributed by atoms with van der Waals surface area (Å²) in [5, 5.41) is 10.4. The highest BCUT2D eigenvalue weighted by Gasteiger charge is 2.13. The van der Waals surface area contributed by atoms with Gasteiger partial charge in [0.1, 0.15) is 16.7 Å². The van der Waals surface area contributed by atoms with Gasteiger partial charge in [-0.05, 0) is 36.5 Å². The Kier molecular flexibility index (Phi) is 5.70. The molecule has 4 nitrogen and oxygen atoms in total. The Morgan fingerprint density at radius 1 is 1.00 bits per heavy atom. The molecule has 0 aliphatic rings. The molecule has 2 aromatic carbocycles. The molecule has 1 aromatic heterocycles. The number of hydrogen-bond acceptors (Lipinski definition) is 2. The lowest BCUT2D eigenvalue weighted by Crippen LogP contribution is -2.20. The van der Waals surface area contributed by atoms with E-state index >= 15 is 0 Å². The van der Waals surface area contributed by atoms with Crippen molar-refractivity contribution in [2.75, 3.05) is 10.6 Å². The first-order chi connectivity index (χ1) is 12.4. The van der Waals surface area contributed by atoms with E-state index in [1.54, 1.807) is 24.3 Å². The number of anilines is 2. The van der Waals surface area contributed by atoms with Gasteiger partial charge in [0.05, 0.1) is 12.2 Å². The molecule has 3 aromatic rings. The number of rotatable bonds is 4. The lowest BCUT2D eigenvalue weighted by Gasteiger charge is -2.09. The van der Waals surface area contributed by atoms with Gasteiger partial charge in [0.25, 0.3) is 0 Å². The monoisotopic (exact) mass is 412 g/mol. The molecule has 1 heterocycles. The van der Waals surface area contributed by atoms with Crippen LogP contribution < -0.4 is 10.6 Å². The molecule has 26 heavy (non-hydrogen) atoms. The lowest BCUT2D eigenvalue weighted by atomic mass is 10.2. The highest BCUT2D eigenvalue weighted by atomic mass is 35.5. The number of aromatic nitrogens is 2. The minimum Gasteiger partial charge on any atom is -0.330 e. The summed E-state index contributed by atoms with van der Waals surface area (Å²) >= 11 is 17.3. The van der Waals surface area contributed by atoms with Crippen LogP contribution in [-0.4, -0.2) is 14.9 Å². The number of nitrogens with zero attached hydrogens (tertiary/aromatic N) is 2. The maximum Gasteiger partial charge on any atom is 0.176 e. The van der Waals surface area contributed by atoms with E-state index < -0.39 is 11.6 Å². The van der Waals surface area contributed by atoms with E-state index in [1.807, 2.05) is 0 Å². The number of nitrogens with one attached hydrogen (secondary N) is 2. The summed E-state index contributed by atoms with van der Waals surface area (Å²) in [5.74, 6) is -0.620. The fourth-order valence-corrected chi connectivity index (χ4v) is 2.86. The number of benzene rings is 2. The van der Waals surface area contributed by atoms with Gasteiger partial charge in [-0.25, -0.2) is 8.78 Å². The second kappa shape index (κ2) is 7.99. The molecule has 0 amide bonds. The van der Waals surface area contributed by atoms with Crippen LogP contribution in [0.25, 0.3) is 0 Å². The molecule has 134 valence electrons. The first kappa shape index (κ1) is 18.6. The highest BCUT2D eigenvalue weighted by Crippen LogP contribution is 2.24. The Balaban J connectivity index is 1.72.